The van der Waals surface area contributed by atoms with Crippen LogP contribution in [0, 0.1) is 0 Å². The predicted molar refractivity (Wildman–Crippen MR) is 233 cm³/mol. The lowest BCUT2D eigenvalue weighted by Crippen LogP contribution is -2.32. The van der Waals surface area contributed by atoms with Crippen LogP contribution < -0.4 is 5.32 Å². The van der Waals surface area contributed by atoms with Crippen LogP contribution in [0.25, 0.3) is 87.7 Å². The lowest BCUT2D eigenvalue weighted by molar-refractivity contribution is 0.429. The second-order valence-electron chi connectivity index (χ2n) is 14.5. The first-order chi connectivity index (χ1) is 27.3. The third-order valence-electron chi connectivity index (χ3n) is 11.4. The molecule has 0 aromatic heterocycles. The third-order valence-corrected chi connectivity index (χ3v) is 11.4. The number of nitrogens with one attached hydrogen (secondary N) is 1. The van der Waals surface area contributed by atoms with Crippen LogP contribution in [0.2, 0.25) is 0 Å². The first-order valence-corrected chi connectivity index (χ1v) is 19.0. The van der Waals surface area contributed by atoms with Crippen molar-refractivity contribution in [3.05, 3.63) is 218 Å². The van der Waals surface area contributed by atoms with Gasteiger partial charge in [0.15, 0.2) is 0 Å². The van der Waals surface area contributed by atoms with E-state index in [0.717, 1.165) is 5.70 Å². The molecule has 258 valence electrons. The van der Waals surface area contributed by atoms with Crippen molar-refractivity contribution in [1.29, 1.82) is 0 Å². The number of hydrogen-bond donors (Lipinski definition) is 1. The van der Waals surface area contributed by atoms with Crippen molar-refractivity contribution < 1.29 is 0 Å². The SMILES string of the molecule is C1=CN2C=C(c3ccc(-c4c5ccccc5c(-c5c6ccccc6c(-c6ccccc6)c6ccccc56)c5ccccc45)cc3)NC2C=C1c1ccccc1. The number of nitrogens with zero attached hydrogens (tertiary/aromatic N) is 1. The lowest BCUT2D eigenvalue weighted by atomic mass is 9.81. The molecule has 55 heavy (non-hydrogen) atoms. The highest BCUT2D eigenvalue weighted by Crippen LogP contribution is 2.50. The van der Waals surface area contributed by atoms with E-state index in [9.17, 15) is 0 Å². The minimum atomic E-state index is 0.0873. The summed E-state index contributed by atoms with van der Waals surface area (Å²) in [5, 5.41) is 13.8. The fraction of sp³-hybridized carbons (Fsp3) is 0.0189. The van der Waals surface area contributed by atoms with Crippen molar-refractivity contribution in [2.24, 2.45) is 0 Å². The van der Waals surface area contributed by atoms with Gasteiger partial charge in [-0.1, -0.05) is 182 Å². The number of allylic oxidation sites excluding steroid dienone is 2. The second kappa shape index (κ2) is 12.8. The van der Waals surface area contributed by atoms with Crippen molar-refractivity contribution in [3.8, 4) is 33.4 Å². The van der Waals surface area contributed by atoms with E-state index in [1.807, 2.05) is 0 Å². The first-order valence-electron chi connectivity index (χ1n) is 19.0. The summed E-state index contributed by atoms with van der Waals surface area (Å²) in [5.41, 5.74) is 12.3. The molecule has 2 aliphatic rings. The Bertz CT molecular complexity index is 2930. The number of fused-ring (bicyclic) bond motifs is 5. The minimum absolute atomic E-state index is 0.0873. The molecule has 1 N–H and O–H groups in total. The van der Waals surface area contributed by atoms with Gasteiger partial charge in [-0.2, -0.15) is 0 Å². The standard InChI is InChI=1S/C53H36N2/c1-3-15-35(16-4-1)39-31-32-55-34-48(54-49(55)33-39)36-27-29-38(30-28-36)51-42-21-9-13-25-46(42)53(47-26-14-10-22-43(47)51)52-44-23-11-7-19-40(44)50(37-17-5-2-6-18-37)41-20-8-12-24-45(41)52/h1-34,49,54H. The maximum absolute atomic E-state index is 3.76. The van der Waals surface area contributed by atoms with Gasteiger partial charge in [-0.15, -0.1) is 0 Å². The Morgan fingerprint density at radius 2 is 0.709 bits per heavy atom. The van der Waals surface area contributed by atoms with Gasteiger partial charge in [-0.25, -0.2) is 0 Å². The predicted octanol–water partition coefficient (Wildman–Crippen LogP) is 13.4. The average Bonchev–Trinajstić information content (AvgIpc) is 3.69. The molecule has 0 saturated heterocycles. The van der Waals surface area contributed by atoms with Crippen LogP contribution in [-0.2, 0) is 0 Å². The Kier molecular flexibility index (Phi) is 7.28. The number of rotatable bonds is 5. The minimum Gasteiger partial charge on any atom is -0.360 e. The van der Waals surface area contributed by atoms with Crippen LogP contribution in [0.15, 0.2) is 207 Å². The normalized spacial score (nSPS) is 15.0. The maximum atomic E-state index is 3.76. The lowest BCUT2D eigenvalue weighted by Gasteiger charge is -2.24. The zero-order valence-corrected chi connectivity index (χ0v) is 30.2. The molecule has 0 aliphatic carbocycles. The van der Waals surface area contributed by atoms with Gasteiger partial charge in [0.25, 0.3) is 0 Å². The van der Waals surface area contributed by atoms with Crippen molar-refractivity contribution >= 4 is 54.4 Å². The molecule has 0 fully saturated rings. The summed E-state index contributed by atoms with van der Waals surface area (Å²) in [4.78, 5) is 2.25. The van der Waals surface area contributed by atoms with Crippen molar-refractivity contribution in [2.45, 2.75) is 6.17 Å². The summed E-state index contributed by atoms with van der Waals surface area (Å²) in [7, 11) is 0. The highest BCUT2D eigenvalue weighted by molar-refractivity contribution is 6.29. The van der Waals surface area contributed by atoms with Gasteiger partial charge in [0.2, 0.25) is 0 Å². The Morgan fingerprint density at radius 1 is 0.345 bits per heavy atom. The first kappa shape index (κ1) is 31.4. The third kappa shape index (κ3) is 5.10. The van der Waals surface area contributed by atoms with Crippen LogP contribution in [0.1, 0.15) is 11.1 Å². The van der Waals surface area contributed by atoms with E-state index in [4.69, 9.17) is 0 Å². The Balaban J connectivity index is 1.07. The van der Waals surface area contributed by atoms with Crippen LogP contribution in [0.4, 0.5) is 0 Å². The van der Waals surface area contributed by atoms with Gasteiger partial charge < -0.3 is 10.2 Å². The van der Waals surface area contributed by atoms with E-state index in [-0.39, 0.29) is 6.17 Å². The van der Waals surface area contributed by atoms with Gasteiger partial charge in [-0.3, -0.25) is 0 Å². The molecule has 1 unspecified atom stereocenters. The Morgan fingerprint density at radius 3 is 1.16 bits per heavy atom. The summed E-state index contributed by atoms with van der Waals surface area (Å²) < 4.78 is 0. The zero-order chi connectivity index (χ0) is 36.3. The summed E-state index contributed by atoms with van der Waals surface area (Å²) >= 11 is 0. The van der Waals surface area contributed by atoms with Crippen molar-refractivity contribution in [2.75, 3.05) is 0 Å². The van der Waals surface area contributed by atoms with E-state index in [1.165, 1.54) is 93.2 Å². The van der Waals surface area contributed by atoms with Crippen molar-refractivity contribution in [1.82, 2.24) is 10.2 Å². The van der Waals surface area contributed by atoms with Crippen LogP contribution in [-0.4, -0.2) is 11.1 Å². The highest BCUT2D eigenvalue weighted by atomic mass is 15.3. The molecular weight excluding hydrogens is 665 g/mol. The molecule has 1 atom stereocenters. The van der Waals surface area contributed by atoms with Gasteiger partial charge in [0, 0.05) is 12.4 Å². The molecule has 2 nitrogen and oxygen atoms in total. The molecule has 0 radical (unpaired) electrons. The number of hydrogen-bond acceptors (Lipinski definition) is 2. The fourth-order valence-electron chi connectivity index (χ4n) is 8.98. The number of benzene rings is 9. The smallest absolute Gasteiger partial charge is 0.123 e. The average molecular weight is 701 g/mol. The van der Waals surface area contributed by atoms with Gasteiger partial charge in [0.05, 0.1) is 5.70 Å². The van der Waals surface area contributed by atoms with E-state index < -0.39 is 0 Å². The fourth-order valence-corrected chi connectivity index (χ4v) is 8.98. The largest absolute Gasteiger partial charge is 0.360 e. The Labute approximate surface area is 320 Å². The molecule has 9 aromatic rings. The summed E-state index contributed by atoms with van der Waals surface area (Å²) in [6, 6.07) is 66.5. The van der Waals surface area contributed by atoms with Crippen LogP contribution in [0.3, 0.4) is 0 Å². The van der Waals surface area contributed by atoms with E-state index in [0.29, 0.717) is 0 Å². The summed E-state index contributed by atoms with van der Waals surface area (Å²) in [5.74, 6) is 0. The summed E-state index contributed by atoms with van der Waals surface area (Å²) in [6.07, 6.45) is 8.96. The molecule has 0 saturated carbocycles. The molecule has 2 aliphatic heterocycles. The molecule has 2 heterocycles. The Hall–Kier alpha value is -7.16. The maximum Gasteiger partial charge on any atom is 0.123 e. The summed E-state index contributed by atoms with van der Waals surface area (Å²) in [6.45, 7) is 0. The van der Waals surface area contributed by atoms with Crippen molar-refractivity contribution in [3.63, 3.8) is 0 Å². The molecular formula is C53H36N2. The topological polar surface area (TPSA) is 15.3 Å². The van der Waals surface area contributed by atoms with E-state index >= 15 is 0 Å². The second-order valence-corrected chi connectivity index (χ2v) is 14.5. The van der Waals surface area contributed by atoms with Crippen LogP contribution >= 0.6 is 0 Å². The van der Waals surface area contributed by atoms with Crippen LogP contribution in [0.5, 0.6) is 0 Å². The molecule has 9 aromatic carbocycles. The molecule has 2 heteroatoms. The van der Waals surface area contributed by atoms with E-state index in [1.54, 1.807) is 0 Å². The molecule has 0 bridgehead atoms. The quantitative estimate of drug-likeness (QED) is 0.180. The van der Waals surface area contributed by atoms with Gasteiger partial charge in [0.1, 0.15) is 6.17 Å². The van der Waals surface area contributed by atoms with E-state index in [2.05, 4.69) is 217 Å². The molecule has 11 rings (SSSR count). The zero-order valence-electron chi connectivity index (χ0n) is 30.2. The van der Waals surface area contributed by atoms with Gasteiger partial charge in [-0.05, 0) is 105 Å². The molecule has 0 spiro atoms. The van der Waals surface area contributed by atoms with Gasteiger partial charge >= 0.3 is 0 Å². The monoisotopic (exact) mass is 700 g/mol. The highest BCUT2D eigenvalue weighted by Gasteiger charge is 2.25. The molecule has 0 amide bonds.